The van der Waals surface area contributed by atoms with Gasteiger partial charge in [-0.15, -0.1) is 0 Å². The number of aromatic nitrogens is 1. The Hall–Kier alpha value is -1.98. The predicted octanol–water partition coefficient (Wildman–Crippen LogP) is 1.94. The molecule has 0 amide bonds. The molecule has 1 unspecified atom stereocenters. The van der Waals surface area contributed by atoms with Crippen molar-refractivity contribution in [1.82, 2.24) is 4.98 Å². The van der Waals surface area contributed by atoms with Crippen molar-refractivity contribution in [1.29, 1.82) is 0 Å². The number of hydrogen-bond acceptors (Lipinski definition) is 3. The average molecular weight is 226 g/mol. The molecule has 0 saturated heterocycles. The molecule has 0 bridgehead atoms. The van der Waals surface area contributed by atoms with Crippen molar-refractivity contribution >= 4 is 17.2 Å². The summed E-state index contributed by atoms with van der Waals surface area (Å²) in [4.78, 5) is 14.5. The number of carbonyl (C=O) groups is 1. The van der Waals surface area contributed by atoms with Gasteiger partial charge in [0.25, 0.3) is 0 Å². The Labute approximate surface area is 89.8 Å². The first-order valence-electron chi connectivity index (χ1n) is 4.51. The molecular weight excluding hydrogens is 218 g/mol. The quantitative estimate of drug-likeness (QED) is 0.587. The number of halogens is 2. The average Bonchev–Trinajstić information content (AvgIpc) is 2.26. The summed E-state index contributed by atoms with van der Waals surface area (Å²) in [6.07, 6.45) is 0.257. The maximum Gasteiger partial charge on any atom is 0.336 e. The highest BCUT2D eigenvalue weighted by atomic mass is 19.2. The zero-order valence-electron chi connectivity index (χ0n) is 8.32. The van der Waals surface area contributed by atoms with E-state index in [2.05, 4.69) is 4.98 Å². The highest BCUT2D eigenvalue weighted by Crippen LogP contribution is 2.38. The second kappa shape index (κ2) is 3.55. The molecule has 16 heavy (non-hydrogen) atoms. The summed E-state index contributed by atoms with van der Waals surface area (Å²) < 4.78 is 27.0. The third-order valence-corrected chi connectivity index (χ3v) is 2.51. The minimum atomic E-state index is -2.30. The first-order chi connectivity index (χ1) is 7.54. The zero-order valence-corrected chi connectivity index (χ0v) is 8.32. The van der Waals surface area contributed by atoms with Gasteiger partial charge in [-0.3, -0.25) is 4.98 Å². The van der Waals surface area contributed by atoms with Crippen LogP contribution in [0.3, 0.4) is 0 Å². The molecule has 1 aliphatic rings. The summed E-state index contributed by atoms with van der Waals surface area (Å²) in [6, 6.07) is 1.45. The Bertz CT molecular complexity index is 487. The number of carboxylic acid groups (broad SMARTS) is 1. The van der Waals surface area contributed by atoms with Crippen molar-refractivity contribution in [3.8, 4) is 0 Å². The number of allylic oxidation sites excluding steroid dienone is 1. The van der Waals surface area contributed by atoms with Crippen LogP contribution in [0.4, 0.5) is 14.6 Å². The minimum Gasteiger partial charge on any atom is -0.478 e. The number of rotatable bonds is 1. The molecule has 1 aromatic rings. The summed E-state index contributed by atoms with van der Waals surface area (Å²) in [5.41, 5.74) is -0.0891. The normalized spacial score (nSPS) is 19.7. The van der Waals surface area contributed by atoms with Crippen LogP contribution in [0, 0.1) is 0 Å². The van der Waals surface area contributed by atoms with Gasteiger partial charge >= 0.3 is 5.97 Å². The molecule has 2 heterocycles. The molecule has 0 saturated carbocycles. The highest BCUT2D eigenvalue weighted by Gasteiger charge is 2.35. The molecule has 1 N–H and O–H groups in total. The molecule has 0 spiro atoms. The van der Waals surface area contributed by atoms with Crippen LogP contribution in [0.15, 0.2) is 24.0 Å². The lowest BCUT2D eigenvalue weighted by Gasteiger charge is -2.27. The van der Waals surface area contributed by atoms with Crippen LogP contribution >= 0.6 is 0 Å². The minimum absolute atomic E-state index is 0.0579. The Morgan fingerprint density at radius 2 is 2.31 bits per heavy atom. The summed E-state index contributed by atoms with van der Waals surface area (Å²) in [5.74, 6) is -1.46. The number of carboxylic acids is 1. The van der Waals surface area contributed by atoms with Crippen LogP contribution in [0.25, 0.3) is 5.57 Å². The monoisotopic (exact) mass is 226 g/mol. The first kappa shape index (κ1) is 10.5. The second-order valence-corrected chi connectivity index (χ2v) is 3.38. The molecule has 1 aliphatic heterocycles. The van der Waals surface area contributed by atoms with Gasteiger partial charge in [0.15, 0.2) is 0 Å². The van der Waals surface area contributed by atoms with E-state index >= 15 is 0 Å². The van der Waals surface area contributed by atoms with E-state index in [4.69, 9.17) is 5.11 Å². The zero-order chi connectivity index (χ0) is 11.9. The third-order valence-electron chi connectivity index (χ3n) is 2.51. The molecule has 84 valence electrons. The van der Waals surface area contributed by atoms with E-state index in [9.17, 15) is 13.7 Å². The second-order valence-electron chi connectivity index (χ2n) is 3.38. The Kier molecular flexibility index (Phi) is 2.34. The smallest absolute Gasteiger partial charge is 0.336 e. The number of fused-ring (bicyclic) bond motifs is 1. The fraction of sp³-hybridized carbons (Fsp3) is 0.200. The molecule has 0 fully saturated rings. The maximum atomic E-state index is 13.5. The van der Waals surface area contributed by atoms with Gasteiger partial charge in [0, 0.05) is 11.8 Å². The first-order valence-corrected chi connectivity index (χ1v) is 4.51. The molecule has 0 radical (unpaired) electrons. The van der Waals surface area contributed by atoms with Gasteiger partial charge in [-0.05, 0) is 18.6 Å². The van der Waals surface area contributed by atoms with Crippen molar-refractivity contribution in [2.75, 3.05) is 5.12 Å². The molecular formula is C10H8F2N2O2. The number of aliphatic carboxylic acids is 1. The van der Waals surface area contributed by atoms with E-state index in [1.54, 1.807) is 0 Å². The van der Waals surface area contributed by atoms with Crippen molar-refractivity contribution in [3.05, 3.63) is 29.6 Å². The Morgan fingerprint density at radius 3 is 2.94 bits per heavy atom. The van der Waals surface area contributed by atoms with Gasteiger partial charge in [0.2, 0.25) is 6.30 Å². The fourth-order valence-corrected chi connectivity index (χ4v) is 1.69. The van der Waals surface area contributed by atoms with E-state index in [-0.39, 0.29) is 16.4 Å². The number of hydrogen-bond donors (Lipinski definition) is 1. The van der Waals surface area contributed by atoms with Gasteiger partial charge in [-0.2, -0.15) is 5.12 Å². The SMILES string of the molecule is CC1=C(C(=O)O)C(F)N(F)c2cnccc21. The van der Waals surface area contributed by atoms with Gasteiger partial charge in [0.05, 0.1) is 17.5 Å². The van der Waals surface area contributed by atoms with Crippen LogP contribution in [-0.4, -0.2) is 22.4 Å². The number of nitrogens with zero attached hydrogens (tertiary/aromatic N) is 2. The van der Waals surface area contributed by atoms with Gasteiger partial charge in [0.1, 0.15) is 0 Å². The number of pyridine rings is 1. The Balaban J connectivity index is 2.69. The van der Waals surface area contributed by atoms with Crippen molar-refractivity contribution in [2.45, 2.75) is 13.2 Å². The molecule has 1 atom stereocenters. The van der Waals surface area contributed by atoms with Crippen LogP contribution in [-0.2, 0) is 4.79 Å². The maximum absolute atomic E-state index is 13.5. The highest BCUT2D eigenvalue weighted by molar-refractivity contribution is 6.00. The number of alkyl halides is 1. The summed E-state index contributed by atoms with van der Waals surface area (Å²) in [7, 11) is 0. The van der Waals surface area contributed by atoms with Gasteiger partial charge in [-0.1, -0.05) is 4.48 Å². The van der Waals surface area contributed by atoms with E-state index in [1.165, 1.54) is 19.2 Å². The lowest BCUT2D eigenvalue weighted by atomic mass is 9.96. The molecule has 2 rings (SSSR count). The van der Waals surface area contributed by atoms with E-state index in [1.807, 2.05) is 0 Å². The molecule has 6 heteroatoms. The third kappa shape index (κ3) is 1.34. The van der Waals surface area contributed by atoms with E-state index in [0.29, 0.717) is 5.56 Å². The number of anilines is 1. The standard InChI is InChI=1S/C10H8F2N2O2/c1-5-6-2-3-13-4-7(6)14(12)9(11)8(5)10(15)16/h2-4,9H,1H3,(H,15,16). The largest absolute Gasteiger partial charge is 0.478 e. The lowest BCUT2D eigenvalue weighted by Crippen LogP contribution is -2.33. The summed E-state index contributed by atoms with van der Waals surface area (Å²) in [5, 5.41) is 8.59. The molecule has 1 aromatic heterocycles. The van der Waals surface area contributed by atoms with Crippen LogP contribution in [0.2, 0.25) is 0 Å². The van der Waals surface area contributed by atoms with Crippen LogP contribution < -0.4 is 5.12 Å². The van der Waals surface area contributed by atoms with Crippen LogP contribution in [0.1, 0.15) is 12.5 Å². The van der Waals surface area contributed by atoms with Gasteiger partial charge < -0.3 is 5.11 Å². The van der Waals surface area contributed by atoms with Crippen molar-refractivity contribution < 1.29 is 18.8 Å². The fourth-order valence-electron chi connectivity index (χ4n) is 1.69. The Morgan fingerprint density at radius 1 is 1.62 bits per heavy atom. The molecule has 4 nitrogen and oxygen atoms in total. The van der Waals surface area contributed by atoms with Crippen molar-refractivity contribution in [3.63, 3.8) is 0 Å². The van der Waals surface area contributed by atoms with Crippen molar-refractivity contribution in [2.24, 2.45) is 0 Å². The van der Waals surface area contributed by atoms with E-state index < -0.39 is 17.8 Å². The lowest BCUT2D eigenvalue weighted by molar-refractivity contribution is -0.133. The molecule has 0 aliphatic carbocycles. The summed E-state index contributed by atoms with van der Waals surface area (Å²) in [6.45, 7) is 1.45. The van der Waals surface area contributed by atoms with Gasteiger partial charge in [-0.25, -0.2) is 9.18 Å². The summed E-state index contributed by atoms with van der Waals surface area (Å²) >= 11 is 0. The predicted molar refractivity (Wildman–Crippen MR) is 52.9 cm³/mol. The molecule has 0 aromatic carbocycles. The topological polar surface area (TPSA) is 53.4 Å². The van der Waals surface area contributed by atoms with Crippen LogP contribution in [0.5, 0.6) is 0 Å². The van der Waals surface area contributed by atoms with E-state index in [0.717, 1.165) is 6.20 Å².